The fourth-order valence-electron chi connectivity index (χ4n) is 6.57. The maximum absolute atomic E-state index is 14.1. The Bertz CT molecular complexity index is 1530. The van der Waals surface area contributed by atoms with Gasteiger partial charge in [-0.3, -0.25) is 29.6 Å². The van der Waals surface area contributed by atoms with Gasteiger partial charge in [-0.2, -0.15) is 13.2 Å². The van der Waals surface area contributed by atoms with E-state index in [0.29, 0.717) is 30.6 Å². The maximum Gasteiger partial charge on any atom is 0.401 e. The van der Waals surface area contributed by atoms with Crippen molar-refractivity contribution in [2.75, 3.05) is 26.2 Å². The molecule has 2 aromatic rings. The molecule has 4 N–H and O–H groups in total. The Morgan fingerprint density at radius 1 is 1.08 bits per heavy atom. The number of aromatic nitrogens is 1. The second-order valence-electron chi connectivity index (χ2n) is 13.5. The van der Waals surface area contributed by atoms with Crippen LogP contribution in [0, 0.1) is 11.3 Å². The quantitative estimate of drug-likeness (QED) is 0.354. The Balaban J connectivity index is 1.51. The van der Waals surface area contributed by atoms with Crippen LogP contribution in [0.4, 0.5) is 13.2 Å². The van der Waals surface area contributed by atoms with Crippen LogP contribution in [0.1, 0.15) is 70.7 Å². The van der Waals surface area contributed by atoms with Crippen molar-refractivity contribution in [2.45, 2.75) is 90.0 Å². The summed E-state index contributed by atoms with van der Waals surface area (Å²) < 4.78 is 45.4. The third-order valence-corrected chi connectivity index (χ3v) is 9.53. The summed E-state index contributed by atoms with van der Waals surface area (Å²) in [5.74, 6) is -1.61. The topological polar surface area (TPSA) is 136 Å². The number of rotatable bonds is 2. The van der Waals surface area contributed by atoms with Crippen molar-refractivity contribution in [1.82, 2.24) is 31.0 Å². The number of cyclic esters (lactones) is 1. The van der Waals surface area contributed by atoms with Crippen molar-refractivity contribution in [3.8, 4) is 0 Å². The Morgan fingerprint density at radius 3 is 2.48 bits per heavy atom. The first-order valence-electron chi connectivity index (χ1n) is 16.6. The van der Waals surface area contributed by atoms with Crippen molar-refractivity contribution in [2.24, 2.45) is 11.3 Å². The summed E-state index contributed by atoms with van der Waals surface area (Å²) in [4.78, 5) is 46.8. The molecular weight excluding hydrogens is 629 g/mol. The van der Waals surface area contributed by atoms with E-state index in [1.54, 1.807) is 32.1 Å². The molecule has 5 rings (SSSR count). The zero-order chi connectivity index (χ0) is 34.8. The van der Waals surface area contributed by atoms with E-state index in [0.717, 1.165) is 10.9 Å². The molecule has 2 fully saturated rings. The second-order valence-corrected chi connectivity index (χ2v) is 13.5. The van der Waals surface area contributed by atoms with Crippen LogP contribution in [0.2, 0.25) is 0 Å². The summed E-state index contributed by atoms with van der Waals surface area (Å²) in [5.41, 5.74) is 3.72. The number of halogens is 3. The van der Waals surface area contributed by atoms with Crippen LogP contribution >= 0.6 is 0 Å². The van der Waals surface area contributed by atoms with Crippen molar-refractivity contribution in [3.63, 3.8) is 0 Å². The average Bonchev–Trinajstić information content (AvgIpc) is 3.04. The minimum atomic E-state index is -4.36. The number of aliphatic hydroxyl groups is 1. The molecule has 0 radical (unpaired) electrons. The van der Waals surface area contributed by atoms with Crippen LogP contribution in [0.15, 0.2) is 36.4 Å². The van der Waals surface area contributed by atoms with Crippen LogP contribution < -0.4 is 16.1 Å². The minimum absolute atomic E-state index is 0.0546. The molecule has 0 saturated carbocycles. The Morgan fingerprint density at radius 2 is 1.79 bits per heavy atom. The van der Waals surface area contributed by atoms with Gasteiger partial charge in [-0.25, -0.2) is 10.4 Å². The van der Waals surface area contributed by atoms with E-state index in [4.69, 9.17) is 9.72 Å². The highest BCUT2D eigenvalue weighted by atomic mass is 19.4. The third-order valence-electron chi connectivity index (χ3n) is 9.53. The molecule has 3 aliphatic heterocycles. The molecule has 5 atom stereocenters. The van der Waals surface area contributed by atoms with Crippen LogP contribution in [0.5, 0.6) is 0 Å². The predicted molar refractivity (Wildman–Crippen MR) is 173 cm³/mol. The Labute approximate surface area is 278 Å². The van der Waals surface area contributed by atoms with Crippen molar-refractivity contribution in [1.29, 1.82) is 0 Å². The molecule has 1 aromatic heterocycles. The first-order chi connectivity index (χ1) is 22.6. The summed E-state index contributed by atoms with van der Waals surface area (Å²) in [6.45, 7) is 6.34. The SMILES string of the molecule is CC(C)[C@@H]1NC(=O)C2(/C=C/c3ccc4ccc(nc4c3)[C@@H](C)OC(=O)[C@@H]3CCCN(N3)C(=O)[C@H](C)NC1O)CCN(CC(F)(F)F)CC2. The number of likely N-dealkylation sites (tertiary alicyclic amines) is 1. The smallest absolute Gasteiger partial charge is 0.401 e. The monoisotopic (exact) mass is 674 g/mol. The number of nitrogens with one attached hydrogen (secondary N) is 3. The molecule has 4 heterocycles. The molecule has 14 heteroatoms. The van der Waals surface area contributed by atoms with Crippen molar-refractivity contribution >= 4 is 34.8 Å². The van der Waals surface area contributed by atoms with E-state index in [2.05, 4.69) is 16.1 Å². The molecule has 2 saturated heterocycles. The molecule has 11 nitrogen and oxygen atoms in total. The third kappa shape index (κ3) is 8.33. The van der Waals surface area contributed by atoms with E-state index < -0.39 is 66.4 Å². The molecule has 48 heavy (non-hydrogen) atoms. The highest BCUT2D eigenvalue weighted by Crippen LogP contribution is 2.36. The standard InChI is InChI=1S/C34H45F3N6O5/c1-20(2)28-29(44)38-21(3)30(45)43-15-5-6-26(41-43)31(46)48-22(4)25-10-9-24-8-7-23(18-27(24)39-25)11-12-33(32(47)40-28)13-16-42(17-14-33)19-34(35,36)37/h7-12,18,20-22,26,28-29,38,41,44H,5-6,13-17,19H2,1-4H3,(H,40,47)/b12-11+/t21-,22+,26-,28-,29?/m0/s1. The van der Waals surface area contributed by atoms with Gasteiger partial charge in [0.25, 0.3) is 5.91 Å². The lowest BCUT2D eigenvalue weighted by atomic mass is 9.76. The number of hydrogen-bond acceptors (Lipinski definition) is 9. The minimum Gasteiger partial charge on any atom is -0.455 e. The van der Waals surface area contributed by atoms with Gasteiger partial charge in [0.1, 0.15) is 18.4 Å². The average molecular weight is 675 g/mol. The van der Waals surface area contributed by atoms with E-state index in [-0.39, 0.29) is 31.8 Å². The molecule has 3 aliphatic rings. The predicted octanol–water partition coefficient (Wildman–Crippen LogP) is 3.44. The molecule has 1 aromatic carbocycles. The van der Waals surface area contributed by atoms with E-state index in [9.17, 15) is 32.7 Å². The number of ether oxygens (including phenoxy) is 1. The highest BCUT2D eigenvalue weighted by Gasteiger charge is 2.43. The van der Waals surface area contributed by atoms with Gasteiger partial charge in [-0.15, -0.1) is 0 Å². The largest absolute Gasteiger partial charge is 0.455 e. The molecule has 1 unspecified atom stereocenters. The number of alkyl halides is 3. The Hall–Kier alpha value is -3.59. The molecule has 1 spiro atoms. The van der Waals surface area contributed by atoms with Gasteiger partial charge in [0, 0.05) is 11.9 Å². The Kier molecular flexibility index (Phi) is 10.8. The van der Waals surface area contributed by atoms with Crippen LogP contribution in [-0.4, -0.2) is 94.5 Å². The van der Waals surface area contributed by atoms with E-state index >= 15 is 0 Å². The number of amides is 2. The fraction of sp³-hybridized carbons (Fsp3) is 0.588. The van der Waals surface area contributed by atoms with Gasteiger partial charge < -0.3 is 15.2 Å². The fourth-order valence-corrected chi connectivity index (χ4v) is 6.57. The number of piperidine rings is 1. The number of esters is 1. The van der Waals surface area contributed by atoms with Crippen LogP contribution in [0.3, 0.4) is 0 Å². The lowest BCUT2D eigenvalue weighted by Crippen LogP contribution is -2.62. The number of benzene rings is 1. The van der Waals surface area contributed by atoms with Gasteiger partial charge in [0.2, 0.25) is 5.91 Å². The number of nitrogens with zero attached hydrogens (tertiary/aromatic N) is 3. The molecule has 5 bridgehead atoms. The van der Waals surface area contributed by atoms with Gasteiger partial charge in [0.15, 0.2) is 0 Å². The lowest BCUT2D eigenvalue weighted by Gasteiger charge is -2.41. The first-order valence-corrected chi connectivity index (χ1v) is 16.6. The molecule has 262 valence electrons. The van der Waals surface area contributed by atoms with Gasteiger partial charge in [-0.1, -0.05) is 44.2 Å². The number of fused-ring (bicyclic) bond motifs is 4. The number of hydrogen-bond donors (Lipinski definition) is 4. The number of aliphatic hydroxyl groups excluding tert-OH is 1. The summed E-state index contributed by atoms with van der Waals surface area (Å²) in [5, 5.41) is 19.3. The van der Waals surface area contributed by atoms with Crippen LogP contribution in [-0.2, 0) is 19.1 Å². The number of carbonyl (C=O) groups is 3. The first kappa shape index (κ1) is 35.7. The summed E-state index contributed by atoms with van der Waals surface area (Å²) in [6, 6.07) is 6.77. The van der Waals surface area contributed by atoms with Gasteiger partial charge in [0.05, 0.1) is 35.3 Å². The van der Waals surface area contributed by atoms with Crippen molar-refractivity contribution in [3.05, 3.63) is 47.7 Å². The zero-order valence-corrected chi connectivity index (χ0v) is 27.7. The summed E-state index contributed by atoms with van der Waals surface area (Å²) in [6.07, 6.45) is -1.56. The maximum atomic E-state index is 14.1. The molecular formula is C34H45F3N6O5. The summed E-state index contributed by atoms with van der Waals surface area (Å²) >= 11 is 0. The highest BCUT2D eigenvalue weighted by molar-refractivity contribution is 5.87. The lowest BCUT2D eigenvalue weighted by molar-refractivity contribution is -0.157. The second kappa shape index (κ2) is 14.5. The summed E-state index contributed by atoms with van der Waals surface area (Å²) in [7, 11) is 0. The molecule has 0 aliphatic carbocycles. The van der Waals surface area contributed by atoms with Gasteiger partial charge >= 0.3 is 12.1 Å². The normalized spacial score (nSPS) is 28.8. The zero-order valence-electron chi connectivity index (χ0n) is 27.7. The number of carbonyl (C=O) groups excluding carboxylic acids is 3. The number of hydrazine groups is 1. The van der Waals surface area contributed by atoms with Gasteiger partial charge in [-0.05, 0) is 76.2 Å². The van der Waals surface area contributed by atoms with E-state index in [1.165, 1.54) is 9.91 Å². The number of pyridine rings is 1. The van der Waals surface area contributed by atoms with E-state index in [1.807, 2.05) is 38.1 Å². The van der Waals surface area contributed by atoms with Crippen molar-refractivity contribution < 1.29 is 37.4 Å². The van der Waals surface area contributed by atoms with Crippen LogP contribution in [0.25, 0.3) is 17.0 Å². The molecule has 2 amide bonds.